The Bertz CT molecular complexity index is 612. The van der Waals surface area contributed by atoms with Crippen LogP contribution in [0, 0.1) is 5.92 Å². The molecule has 1 aliphatic heterocycles. The number of carbonyl (C=O) groups is 1. The average Bonchev–Trinajstić information content (AvgIpc) is 2.60. The summed E-state index contributed by atoms with van der Waals surface area (Å²) in [6.45, 7) is 7.13. The van der Waals surface area contributed by atoms with Crippen LogP contribution in [0.2, 0.25) is 5.02 Å². The number of primary amides is 1. The van der Waals surface area contributed by atoms with Crippen LogP contribution in [-0.4, -0.2) is 49.0 Å². The summed E-state index contributed by atoms with van der Waals surface area (Å²) in [5, 5.41) is 4.03. The van der Waals surface area contributed by atoms with Crippen molar-refractivity contribution in [2.75, 3.05) is 26.2 Å². The Kier molecular flexibility index (Phi) is 10.8. The highest BCUT2D eigenvalue weighted by Crippen LogP contribution is 2.20. The van der Waals surface area contributed by atoms with Crippen molar-refractivity contribution >= 4 is 47.4 Å². The number of ether oxygens (including phenoxy) is 1. The molecular weight excluding hydrogens is 479 g/mol. The molecule has 1 heterocycles. The minimum absolute atomic E-state index is 0. The van der Waals surface area contributed by atoms with E-state index < -0.39 is 0 Å². The Morgan fingerprint density at radius 3 is 2.78 bits per heavy atom. The van der Waals surface area contributed by atoms with Crippen molar-refractivity contribution in [3.63, 3.8) is 0 Å². The second-order valence-electron chi connectivity index (χ2n) is 6.70. The molecule has 0 saturated carbocycles. The molecule has 1 saturated heterocycles. The number of amides is 1. The van der Waals surface area contributed by atoms with Gasteiger partial charge >= 0.3 is 0 Å². The number of rotatable bonds is 7. The minimum Gasteiger partial charge on any atom is -0.489 e. The molecule has 0 aromatic heterocycles. The summed E-state index contributed by atoms with van der Waals surface area (Å²) in [7, 11) is 0. The molecule has 2 rings (SSSR count). The van der Waals surface area contributed by atoms with Gasteiger partial charge in [0.25, 0.3) is 0 Å². The maximum Gasteiger partial charge on any atom is 0.217 e. The molecule has 2 atom stereocenters. The number of carbonyl (C=O) groups excluding carboxylic acids is 1. The van der Waals surface area contributed by atoms with Gasteiger partial charge < -0.3 is 20.7 Å². The molecule has 1 amide bonds. The maximum absolute atomic E-state index is 11.2. The van der Waals surface area contributed by atoms with E-state index in [0.29, 0.717) is 23.9 Å². The topological polar surface area (TPSA) is 80.0 Å². The van der Waals surface area contributed by atoms with E-state index in [1.54, 1.807) is 0 Å². The molecule has 3 N–H and O–H groups in total. The first kappa shape index (κ1) is 23.8. The van der Waals surface area contributed by atoms with Crippen LogP contribution in [0.15, 0.2) is 29.3 Å². The standard InChI is InChI=1S/C19H29ClN4O2.HI/c1-3-22-19(24-10-4-5-15(13-24)11-18(21)25)23-12-14(2)26-17-8-6-16(20)7-9-17;/h6-9,14-15H,3-5,10-13H2,1-2H3,(H2,21,25)(H,22,23);1H. The van der Waals surface area contributed by atoms with Crippen LogP contribution in [0.4, 0.5) is 0 Å². The number of guanidine groups is 1. The normalized spacial score (nSPS) is 18.4. The summed E-state index contributed by atoms with van der Waals surface area (Å²) in [6, 6.07) is 7.33. The molecule has 1 aromatic rings. The smallest absolute Gasteiger partial charge is 0.217 e. The lowest BCUT2D eigenvalue weighted by Crippen LogP contribution is -2.47. The predicted octanol–water partition coefficient (Wildman–Crippen LogP) is 3.28. The van der Waals surface area contributed by atoms with Crippen molar-refractivity contribution in [2.45, 2.75) is 39.2 Å². The maximum atomic E-state index is 11.2. The summed E-state index contributed by atoms with van der Waals surface area (Å²) in [5.41, 5.74) is 5.36. The first-order chi connectivity index (χ1) is 12.5. The Hall–Kier alpha value is -1.22. The number of nitrogens with one attached hydrogen (secondary N) is 1. The number of piperidine rings is 1. The molecule has 152 valence electrons. The summed E-state index contributed by atoms with van der Waals surface area (Å²) >= 11 is 5.89. The largest absolute Gasteiger partial charge is 0.489 e. The Balaban J connectivity index is 0.00000364. The Morgan fingerprint density at radius 2 is 2.15 bits per heavy atom. The summed E-state index contributed by atoms with van der Waals surface area (Å²) in [4.78, 5) is 18.2. The summed E-state index contributed by atoms with van der Waals surface area (Å²) in [5.74, 6) is 1.71. The van der Waals surface area contributed by atoms with Crippen molar-refractivity contribution in [1.29, 1.82) is 0 Å². The zero-order valence-electron chi connectivity index (χ0n) is 16.0. The van der Waals surface area contributed by atoms with E-state index in [4.69, 9.17) is 27.1 Å². The lowest BCUT2D eigenvalue weighted by molar-refractivity contribution is -0.119. The summed E-state index contributed by atoms with van der Waals surface area (Å²) in [6.07, 6.45) is 2.45. The second kappa shape index (κ2) is 12.3. The van der Waals surface area contributed by atoms with Crippen molar-refractivity contribution in [3.8, 4) is 5.75 Å². The van der Waals surface area contributed by atoms with E-state index in [1.165, 1.54) is 0 Å². The molecule has 1 aliphatic rings. The van der Waals surface area contributed by atoms with Gasteiger partial charge in [0, 0.05) is 31.1 Å². The monoisotopic (exact) mass is 508 g/mol. The Labute approximate surface area is 183 Å². The molecule has 0 bridgehead atoms. The van der Waals surface area contributed by atoms with Crippen LogP contribution in [0.1, 0.15) is 33.1 Å². The van der Waals surface area contributed by atoms with Crippen LogP contribution in [0.25, 0.3) is 0 Å². The van der Waals surface area contributed by atoms with Crippen molar-refractivity contribution in [1.82, 2.24) is 10.2 Å². The fourth-order valence-electron chi connectivity index (χ4n) is 3.13. The van der Waals surface area contributed by atoms with Crippen LogP contribution in [-0.2, 0) is 4.79 Å². The highest BCUT2D eigenvalue weighted by molar-refractivity contribution is 14.0. The molecule has 0 spiro atoms. The molecule has 8 heteroatoms. The van der Waals surface area contributed by atoms with Crippen LogP contribution in [0.5, 0.6) is 5.75 Å². The quantitative estimate of drug-likeness (QED) is 0.337. The second-order valence-corrected chi connectivity index (χ2v) is 7.14. The number of nitrogens with two attached hydrogens (primary N) is 1. The first-order valence-electron chi connectivity index (χ1n) is 9.21. The number of hydrogen-bond donors (Lipinski definition) is 2. The number of likely N-dealkylation sites (tertiary alicyclic amines) is 1. The molecule has 2 unspecified atom stereocenters. The van der Waals surface area contributed by atoms with Gasteiger partial charge in [0.1, 0.15) is 11.9 Å². The van der Waals surface area contributed by atoms with Gasteiger partial charge in [0.05, 0.1) is 6.54 Å². The molecular formula is C19H30ClIN4O2. The van der Waals surface area contributed by atoms with E-state index in [9.17, 15) is 4.79 Å². The van der Waals surface area contributed by atoms with E-state index >= 15 is 0 Å². The molecule has 27 heavy (non-hydrogen) atoms. The zero-order valence-corrected chi connectivity index (χ0v) is 19.1. The van der Waals surface area contributed by atoms with Crippen molar-refractivity contribution in [2.24, 2.45) is 16.6 Å². The van der Waals surface area contributed by atoms with Gasteiger partial charge in [-0.2, -0.15) is 0 Å². The predicted molar refractivity (Wildman–Crippen MR) is 121 cm³/mol. The molecule has 1 aromatic carbocycles. The lowest BCUT2D eigenvalue weighted by Gasteiger charge is -2.34. The molecule has 0 radical (unpaired) electrons. The van der Waals surface area contributed by atoms with Crippen molar-refractivity contribution in [3.05, 3.63) is 29.3 Å². The highest BCUT2D eigenvalue weighted by atomic mass is 127. The third-order valence-corrected chi connectivity index (χ3v) is 4.54. The number of aliphatic imine (C=N–C) groups is 1. The van der Waals surface area contributed by atoms with Gasteiger partial charge in [0.15, 0.2) is 5.96 Å². The van der Waals surface area contributed by atoms with Gasteiger partial charge in [-0.15, -0.1) is 24.0 Å². The highest BCUT2D eigenvalue weighted by Gasteiger charge is 2.23. The van der Waals surface area contributed by atoms with E-state index in [-0.39, 0.29) is 36.0 Å². The number of nitrogens with zero attached hydrogens (tertiary/aromatic N) is 2. The van der Waals surface area contributed by atoms with E-state index in [1.807, 2.05) is 38.1 Å². The van der Waals surface area contributed by atoms with Crippen LogP contribution in [0.3, 0.4) is 0 Å². The number of hydrogen-bond acceptors (Lipinski definition) is 3. The number of halogens is 2. The van der Waals surface area contributed by atoms with Crippen LogP contribution < -0.4 is 15.8 Å². The fourth-order valence-corrected chi connectivity index (χ4v) is 3.26. The number of benzene rings is 1. The molecule has 1 fully saturated rings. The molecule has 0 aliphatic carbocycles. The van der Waals surface area contributed by atoms with Gasteiger partial charge in [-0.1, -0.05) is 11.6 Å². The minimum atomic E-state index is -0.233. The van der Waals surface area contributed by atoms with Crippen LogP contribution >= 0.6 is 35.6 Å². The van der Waals surface area contributed by atoms with Gasteiger partial charge in [-0.3, -0.25) is 4.79 Å². The molecule has 6 nitrogen and oxygen atoms in total. The zero-order chi connectivity index (χ0) is 18.9. The van der Waals surface area contributed by atoms with Gasteiger partial charge in [0.2, 0.25) is 5.91 Å². The fraction of sp³-hybridized carbons (Fsp3) is 0.579. The van der Waals surface area contributed by atoms with Crippen molar-refractivity contribution < 1.29 is 9.53 Å². The third-order valence-electron chi connectivity index (χ3n) is 4.29. The van der Waals surface area contributed by atoms with Gasteiger partial charge in [-0.25, -0.2) is 4.99 Å². The average molecular weight is 509 g/mol. The third kappa shape index (κ3) is 8.55. The van der Waals surface area contributed by atoms with E-state index in [0.717, 1.165) is 44.2 Å². The Morgan fingerprint density at radius 1 is 1.44 bits per heavy atom. The lowest BCUT2D eigenvalue weighted by atomic mass is 9.95. The van der Waals surface area contributed by atoms with Gasteiger partial charge in [-0.05, 0) is 56.9 Å². The van der Waals surface area contributed by atoms with E-state index in [2.05, 4.69) is 10.2 Å². The summed E-state index contributed by atoms with van der Waals surface area (Å²) < 4.78 is 5.89. The SMILES string of the molecule is CCNC(=NCC(C)Oc1ccc(Cl)cc1)N1CCCC(CC(N)=O)C1.I. The first-order valence-corrected chi connectivity index (χ1v) is 9.59.